The summed E-state index contributed by atoms with van der Waals surface area (Å²) in [6.07, 6.45) is 3.94. The molecule has 2 atom stereocenters. The van der Waals surface area contributed by atoms with E-state index in [-0.39, 0.29) is 17.9 Å². The van der Waals surface area contributed by atoms with Crippen molar-refractivity contribution in [3.63, 3.8) is 0 Å². The number of nitrogens with one attached hydrogen (secondary N) is 1. The van der Waals surface area contributed by atoms with Gasteiger partial charge in [0.15, 0.2) is 4.99 Å². The number of benzene rings is 1. The molecule has 28 heavy (non-hydrogen) atoms. The molecule has 5 N–H and O–H groups in total. The lowest BCUT2D eigenvalue weighted by Crippen LogP contribution is -2.60. The summed E-state index contributed by atoms with van der Waals surface area (Å²) in [5.74, 6) is -1.36. The van der Waals surface area contributed by atoms with Gasteiger partial charge in [0.1, 0.15) is 23.8 Å². The van der Waals surface area contributed by atoms with Gasteiger partial charge in [-0.25, -0.2) is 4.79 Å². The van der Waals surface area contributed by atoms with Crippen molar-refractivity contribution in [3.05, 3.63) is 53.3 Å². The van der Waals surface area contributed by atoms with Crippen LogP contribution in [-0.2, 0) is 14.4 Å². The van der Waals surface area contributed by atoms with Gasteiger partial charge in [0.25, 0.3) is 0 Å². The van der Waals surface area contributed by atoms with Crippen LogP contribution in [0.25, 0.3) is 0 Å². The molecule has 9 heteroatoms. The normalized spacial score (nSPS) is 20.9. The van der Waals surface area contributed by atoms with Gasteiger partial charge in [-0.2, -0.15) is 0 Å². The number of allylic oxidation sites excluding steroid dienone is 2. The molecule has 1 heterocycles. The van der Waals surface area contributed by atoms with Crippen LogP contribution in [0.5, 0.6) is 5.75 Å². The van der Waals surface area contributed by atoms with Crippen LogP contribution in [0.2, 0.25) is 0 Å². The second-order valence-corrected chi connectivity index (χ2v) is 7.49. The van der Waals surface area contributed by atoms with Gasteiger partial charge in [-0.05, 0) is 30.2 Å². The number of carboxylic acid groups (broad SMARTS) is 1. The molecule has 8 nitrogen and oxygen atoms in total. The second-order valence-electron chi connectivity index (χ2n) is 6.24. The van der Waals surface area contributed by atoms with Crippen molar-refractivity contribution in [2.24, 2.45) is 5.73 Å². The quantitative estimate of drug-likeness (QED) is 0.500. The number of hydrogen-bond acceptors (Lipinski definition) is 7. The van der Waals surface area contributed by atoms with Gasteiger partial charge in [-0.3, -0.25) is 4.79 Å². The van der Waals surface area contributed by atoms with E-state index in [9.17, 15) is 24.6 Å². The second kappa shape index (κ2) is 8.94. The minimum Gasteiger partial charge on any atom is -0.508 e. The lowest BCUT2D eigenvalue weighted by atomic mass is 10.1. The summed E-state index contributed by atoms with van der Waals surface area (Å²) in [7, 11) is 1.52. The van der Waals surface area contributed by atoms with E-state index in [4.69, 9.17) is 5.73 Å². The molecular weight excluding hydrogens is 382 g/mol. The Kier molecular flexibility index (Phi) is 6.87. The molecule has 0 spiro atoms. The number of thioether (sulfide) groups is 1. The van der Waals surface area contributed by atoms with Crippen molar-refractivity contribution >= 4 is 29.9 Å². The molecule has 0 saturated carbocycles. The standard InChI is InChI=1S/C19H23N3O5S/c1-3-4-13-11-28-19(9-10-23,22(2)16(13)18(26)27)21-17(25)15(20)12-5-7-14(24)8-6-12/h3-8,10,15,24H,9,11,20H2,1-2H3,(H,21,25)(H,26,27)/b4-3-. The molecule has 2 rings (SSSR count). The maximum absolute atomic E-state index is 12.8. The van der Waals surface area contributed by atoms with E-state index in [2.05, 4.69) is 5.32 Å². The van der Waals surface area contributed by atoms with Gasteiger partial charge in [-0.15, -0.1) is 11.8 Å². The Morgan fingerprint density at radius 3 is 2.57 bits per heavy atom. The topological polar surface area (TPSA) is 133 Å². The van der Waals surface area contributed by atoms with Crippen LogP contribution >= 0.6 is 11.8 Å². The van der Waals surface area contributed by atoms with Crippen molar-refractivity contribution < 1.29 is 24.6 Å². The van der Waals surface area contributed by atoms with Crippen molar-refractivity contribution in [1.82, 2.24) is 10.2 Å². The number of aliphatic carboxylic acids is 1. The molecule has 1 aromatic carbocycles. The van der Waals surface area contributed by atoms with Crippen LogP contribution in [-0.4, -0.2) is 51.1 Å². The largest absolute Gasteiger partial charge is 0.508 e. The third-order valence-electron chi connectivity index (χ3n) is 4.43. The first-order chi connectivity index (χ1) is 13.3. The number of hydrogen-bond donors (Lipinski definition) is 4. The summed E-state index contributed by atoms with van der Waals surface area (Å²) in [4.78, 5) is 36.1. The van der Waals surface area contributed by atoms with Gasteiger partial charge >= 0.3 is 5.97 Å². The van der Waals surface area contributed by atoms with Gasteiger partial charge in [0.2, 0.25) is 5.91 Å². The van der Waals surface area contributed by atoms with Gasteiger partial charge in [-0.1, -0.05) is 24.3 Å². The van der Waals surface area contributed by atoms with Crippen LogP contribution in [0.15, 0.2) is 47.7 Å². The van der Waals surface area contributed by atoms with E-state index in [0.717, 1.165) is 0 Å². The first-order valence-electron chi connectivity index (χ1n) is 8.53. The molecule has 0 saturated heterocycles. The number of carbonyl (C=O) groups is 3. The zero-order valence-corrected chi connectivity index (χ0v) is 16.4. The summed E-state index contributed by atoms with van der Waals surface area (Å²) in [6, 6.07) is 4.83. The van der Waals surface area contributed by atoms with Crippen LogP contribution in [0.3, 0.4) is 0 Å². The molecular formula is C19H23N3O5S. The predicted molar refractivity (Wildman–Crippen MR) is 106 cm³/mol. The van der Waals surface area contributed by atoms with Crippen LogP contribution in [0.4, 0.5) is 0 Å². The minimum absolute atomic E-state index is 0.0113. The number of carbonyl (C=O) groups excluding carboxylic acids is 2. The number of aldehydes is 1. The number of phenols is 1. The zero-order valence-electron chi connectivity index (χ0n) is 15.6. The Hall–Kier alpha value is -2.78. The molecule has 1 aliphatic rings. The third kappa shape index (κ3) is 4.37. The van der Waals surface area contributed by atoms with E-state index in [0.29, 0.717) is 23.2 Å². The van der Waals surface area contributed by atoms with E-state index in [1.807, 2.05) is 0 Å². The maximum atomic E-state index is 12.8. The van der Waals surface area contributed by atoms with Crippen molar-refractivity contribution in [2.45, 2.75) is 24.4 Å². The number of phenolic OH excluding ortho intramolecular Hbond substituents is 1. The number of nitrogens with two attached hydrogens (primary N) is 1. The monoisotopic (exact) mass is 405 g/mol. The first kappa shape index (κ1) is 21.5. The number of likely N-dealkylation sites (N-methyl/N-ethyl adjacent to an activating group) is 1. The third-order valence-corrected chi connectivity index (χ3v) is 5.91. The predicted octanol–water partition coefficient (Wildman–Crippen LogP) is 1.34. The molecule has 150 valence electrons. The Labute approximate surface area is 167 Å². The molecule has 1 aromatic rings. The highest BCUT2D eigenvalue weighted by Crippen LogP contribution is 2.39. The molecule has 0 aliphatic carbocycles. The Morgan fingerprint density at radius 2 is 2.04 bits per heavy atom. The number of rotatable bonds is 7. The van der Waals surface area contributed by atoms with Gasteiger partial charge < -0.3 is 31.0 Å². The van der Waals surface area contributed by atoms with Crippen molar-refractivity contribution in [3.8, 4) is 5.75 Å². The summed E-state index contributed by atoms with van der Waals surface area (Å²) in [5, 5.41) is 21.8. The van der Waals surface area contributed by atoms with E-state index < -0.39 is 22.9 Å². The maximum Gasteiger partial charge on any atom is 0.352 e. The van der Waals surface area contributed by atoms with Crippen molar-refractivity contribution in [2.75, 3.05) is 12.8 Å². The number of carboxylic acids is 1. The van der Waals surface area contributed by atoms with E-state index >= 15 is 0 Å². The highest BCUT2D eigenvalue weighted by Gasteiger charge is 2.44. The SMILES string of the molecule is C/C=C\C1=C(C(=O)O)N(C)C(CC=O)(NC(=O)C(N)c2ccc(O)cc2)SC1. The number of aromatic hydroxyl groups is 1. The fourth-order valence-corrected chi connectivity index (χ4v) is 4.22. The lowest BCUT2D eigenvalue weighted by Gasteiger charge is -2.46. The molecule has 0 bridgehead atoms. The average Bonchev–Trinajstić information content (AvgIpc) is 2.65. The smallest absolute Gasteiger partial charge is 0.352 e. The summed E-state index contributed by atoms with van der Waals surface area (Å²) in [6.45, 7) is 1.78. The molecule has 1 amide bonds. The van der Waals surface area contributed by atoms with Gasteiger partial charge in [0.05, 0.1) is 6.42 Å². The highest BCUT2D eigenvalue weighted by atomic mass is 32.2. The Morgan fingerprint density at radius 1 is 1.39 bits per heavy atom. The van der Waals surface area contributed by atoms with Crippen LogP contribution in [0, 0.1) is 0 Å². The summed E-state index contributed by atoms with van der Waals surface area (Å²) in [5.41, 5.74) is 7.10. The van der Waals surface area contributed by atoms with Crippen molar-refractivity contribution in [1.29, 1.82) is 0 Å². The molecule has 0 radical (unpaired) electrons. The molecule has 1 aliphatic heterocycles. The minimum atomic E-state index is -1.27. The summed E-state index contributed by atoms with van der Waals surface area (Å²) < 4.78 is 0. The van der Waals surface area contributed by atoms with E-state index in [1.165, 1.54) is 48.0 Å². The zero-order chi connectivity index (χ0) is 20.9. The Bertz CT molecular complexity index is 821. The number of amides is 1. The van der Waals surface area contributed by atoms with E-state index in [1.54, 1.807) is 19.1 Å². The molecule has 2 unspecified atom stereocenters. The molecule has 0 fully saturated rings. The fraction of sp³-hybridized carbons (Fsp3) is 0.316. The highest BCUT2D eigenvalue weighted by molar-refractivity contribution is 8.00. The fourth-order valence-electron chi connectivity index (χ4n) is 2.95. The van der Waals surface area contributed by atoms with Gasteiger partial charge in [0, 0.05) is 12.8 Å². The first-order valence-corrected chi connectivity index (χ1v) is 9.51. The average molecular weight is 405 g/mol. The number of nitrogens with zero attached hydrogens (tertiary/aromatic N) is 1. The molecule has 0 aromatic heterocycles. The van der Waals surface area contributed by atoms with Crippen LogP contribution in [0.1, 0.15) is 24.9 Å². The van der Waals surface area contributed by atoms with Crippen LogP contribution < -0.4 is 11.1 Å². The Balaban J connectivity index is 2.35. The summed E-state index contributed by atoms with van der Waals surface area (Å²) >= 11 is 1.25. The lowest BCUT2D eigenvalue weighted by molar-refractivity contribution is -0.136.